The Bertz CT molecular complexity index is 1300. The largest absolute Gasteiger partial charge is 0.341 e. The number of likely N-dealkylation sites (tertiary alicyclic amines) is 1. The van der Waals surface area contributed by atoms with E-state index in [9.17, 15) is 9.59 Å². The van der Waals surface area contributed by atoms with Gasteiger partial charge < -0.3 is 9.88 Å². The molecule has 1 aliphatic heterocycles. The lowest BCUT2D eigenvalue weighted by molar-refractivity contribution is -0.133. The number of likely N-dealkylation sites (N-methyl/N-ethyl adjacent to an activating group) is 1. The Balaban J connectivity index is 1.23. The number of para-hydroxylation sites is 2. The molecule has 0 aliphatic carbocycles. The average molecular weight is 448 g/mol. The Morgan fingerprint density at radius 2 is 1.94 bits per heavy atom. The Morgan fingerprint density at radius 1 is 1.16 bits per heavy atom. The van der Waals surface area contributed by atoms with Gasteiger partial charge in [0.25, 0.3) is 5.56 Å². The maximum absolute atomic E-state index is 13.0. The third-order valence-electron chi connectivity index (χ3n) is 5.92. The number of piperidine rings is 1. The number of amides is 1. The summed E-state index contributed by atoms with van der Waals surface area (Å²) >= 11 is 1.73. The van der Waals surface area contributed by atoms with Crippen molar-refractivity contribution in [3.8, 4) is 0 Å². The van der Waals surface area contributed by atoms with E-state index in [0.29, 0.717) is 29.8 Å². The highest BCUT2D eigenvalue weighted by atomic mass is 32.1. The molecule has 0 spiro atoms. The van der Waals surface area contributed by atoms with Gasteiger partial charge in [0.2, 0.25) is 5.91 Å². The number of hydrogen-bond donors (Lipinski definition) is 1. The average Bonchev–Trinajstić information content (AvgIpc) is 3.23. The Kier molecular flexibility index (Phi) is 5.71. The molecule has 3 heterocycles. The fraction of sp³-hybridized carbons (Fsp3) is 0.333. The number of nitrogens with zero attached hydrogens (tertiary/aromatic N) is 4. The van der Waals surface area contributed by atoms with Crippen LogP contribution in [0, 0.1) is 0 Å². The zero-order valence-electron chi connectivity index (χ0n) is 18.0. The normalized spacial score (nSPS) is 16.8. The Morgan fingerprint density at radius 3 is 2.78 bits per heavy atom. The van der Waals surface area contributed by atoms with E-state index in [-0.39, 0.29) is 23.9 Å². The van der Waals surface area contributed by atoms with Crippen LogP contribution in [0.2, 0.25) is 0 Å². The minimum Gasteiger partial charge on any atom is -0.341 e. The highest BCUT2D eigenvalue weighted by molar-refractivity contribution is 7.18. The second-order valence-electron chi connectivity index (χ2n) is 8.40. The quantitative estimate of drug-likeness (QED) is 0.507. The molecule has 4 aromatic rings. The van der Waals surface area contributed by atoms with Gasteiger partial charge in [0.05, 0.1) is 39.2 Å². The van der Waals surface area contributed by atoms with Crippen molar-refractivity contribution >= 4 is 38.4 Å². The molecule has 1 amide bonds. The first-order chi connectivity index (χ1) is 15.6. The van der Waals surface area contributed by atoms with Crippen LogP contribution in [-0.2, 0) is 11.3 Å². The summed E-state index contributed by atoms with van der Waals surface area (Å²) in [4.78, 5) is 41.3. The van der Waals surface area contributed by atoms with Crippen molar-refractivity contribution in [3.63, 3.8) is 0 Å². The first kappa shape index (κ1) is 20.8. The van der Waals surface area contributed by atoms with Crippen LogP contribution in [-0.4, -0.2) is 57.3 Å². The monoisotopic (exact) mass is 447 g/mol. The van der Waals surface area contributed by atoms with Gasteiger partial charge in [-0.05, 0) is 44.2 Å². The van der Waals surface area contributed by atoms with Crippen LogP contribution in [0.15, 0.2) is 53.3 Å². The number of aromatic nitrogens is 3. The first-order valence-corrected chi connectivity index (χ1v) is 11.7. The summed E-state index contributed by atoms with van der Waals surface area (Å²) in [6.07, 6.45) is 2.04. The number of thiazole rings is 1. The molecule has 1 saturated heterocycles. The summed E-state index contributed by atoms with van der Waals surface area (Å²) in [5.74, 6) is 0.949. The second-order valence-corrected chi connectivity index (χ2v) is 9.46. The topological polar surface area (TPSA) is 82.2 Å². The maximum Gasteiger partial charge on any atom is 0.258 e. The van der Waals surface area contributed by atoms with Crippen LogP contribution in [0.4, 0.5) is 0 Å². The zero-order valence-corrected chi connectivity index (χ0v) is 18.8. The van der Waals surface area contributed by atoms with E-state index in [2.05, 4.69) is 16.0 Å². The smallest absolute Gasteiger partial charge is 0.258 e. The number of carbonyl (C=O) groups excluding carboxylic acids is 1. The van der Waals surface area contributed by atoms with Gasteiger partial charge in [-0.2, -0.15) is 0 Å². The summed E-state index contributed by atoms with van der Waals surface area (Å²) in [7, 11) is 1.88. The van der Waals surface area contributed by atoms with Gasteiger partial charge in [0.15, 0.2) is 0 Å². The number of nitrogens with one attached hydrogen (secondary N) is 1. The van der Waals surface area contributed by atoms with E-state index < -0.39 is 0 Å². The number of rotatable bonds is 5. The van der Waals surface area contributed by atoms with Gasteiger partial charge in [-0.3, -0.25) is 14.5 Å². The van der Waals surface area contributed by atoms with Crippen molar-refractivity contribution in [2.45, 2.75) is 25.3 Å². The molecular formula is C24H25N5O2S. The van der Waals surface area contributed by atoms with Gasteiger partial charge >= 0.3 is 0 Å². The molecule has 1 N–H and O–H groups in total. The molecule has 1 atom stereocenters. The lowest BCUT2D eigenvalue weighted by Crippen LogP contribution is -2.43. The molecule has 0 bridgehead atoms. The van der Waals surface area contributed by atoms with Gasteiger partial charge in [-0.1, -0.05) is 24.3 Å². The van der Waals surface area contributed by atoms with Crippen molar-refractivity contribution in [2.75, 3.05) is 26.7 Å². The van der Waals surface area contributed by atoms with Crippen molar-refractivity contribution in [3.05, 3.63) is 69.7 Å². The summed E-state index contributed by atoms with van der Waals surface area (Å²) < 4.78 is 1.20. The molecule has 0 saturated carbocycles. The van der Waals surface area contributed by atoms with Crippen LogP contribution in [0.25, 0.3) is 21.1 Å². The predicted octanol–water partition coefficient (Wildman–Crippen LogP) is 3.37. The molecule has 2 aromatic heterocycles. The van der Waals surface area contributed by atoms with Gasteiger partial charge in [-0.25, -0.2) is 9.97 Å². The Labute approximate surface area is 189 Å². The predicted molar refractivity (Wildman–Crippen MR) is 127 cm³/mol. The van der Waals surface area contributed by atoms with Crippen LogP contribution in [0.5, 0.6) is 0 Å². The number of carbonyl (C=O) groups is 1. The SMILES string of the molecule is CN(CC(=O)N1CCC[C@@H](c2nc3ccccc3s2)C1)Cc1nc2ccccc2c(=O)[nH]1. The van der Waals surface area contributed by atoms with E-state index in [1.165, 1.54) is 4.70 Å². The number of H-pyrrole nitrogens is 1. The van der Waals surface area contributed by atoms with Crippen molar-refractivity contribution in [2.24, 2.45) is 0 Å². The molecule has 0 unspecified atom stereocenters. The Hall–Kier alpha value is -3.10. The molecule has 1 fully saturated rings. The standard InChI is InChI=1S/C24H25N5O2S/c1-28(14-21-25-18-9-3-2-8-17(18)23(31)27-21)15-22(30)29-12-6-7-16(13-29)24-26-19-10-4-5-11-20(19)32-24/h2-5,8-11,16H,6-7,12-15H2,1H3,(H,25,27,31)/t16-/m1/s1. The fourth-order valence-corrected chi connectivity index (χ4v) is 5.42. The minimum atomic E-state index is -0.153. The molecule has 32 heavy (non-hydrogen) atoms. The lowest BCUT2D eigenvalue weighted by Gasteiger charge is -2.33. The minimum absolute atomic E-state index is 0.0986. The van der Waals surface area contributed by atoms with E-state index in [1.807, 2.05) is 53.2 Å². The van der Waals surface area contributed by atoms with E-state index in [4.69, 9.17) is 4.98 Å². The van der Waals surface area contributed by atoms with Crippen LogP contribution >= 0.6 is 11.3 Å². The van der Waals surface area contributed by atoms with E-state index in [0.717, 1.165) is 29.9 Å². The number of hydrogen-bond acceptors (Lipinski definition) is 6. The van der Waals surface area contributed by atoms with E-state index in [1.54, 1.807) is 17.4 Å². The summed E-state index contributed by atoms with van der Waals surface area (Å²) in [5.41, 5.74) is 1.55. The summed E-state index contributed by atoms with van der Waals surface area (Å²) in [6, 6.07) is 15.5. The number of aromatic amines is 1. The van der Waals surface area contributed by atoms with Crippen molar-refractivity contribution in [1.29, 1.82) is 0 Å². The van der Waals surface area contributed by atoms with Crippen LogP contribution in [0.3, 0.4) is 0 Å². The molecule has 5 rings (SSSR count). The van der Waals surface area contributed by atoms with Crippen LogP contribution in [0.1, 0.15) is 29.6 Å². The zero-order chi connectivity index (χ0) is 22.1. The summed E-state index contributed by atoms with van der Waals surface area (Å²) in [6.45, 7) is 2.17. The molecular weight excluding hydrogens is 422 g/mol. The van der Waals surface area contributed by atoms with Crippen molar-refractivity contribution < 1.29 is 4.79 Å². The molecule has 0 radical (unpaired) electrons. The number of benzene rings is 2. The highest BCUT2D eigenvalue weighted by Crippen LogP contribution is 2.33. The third-order valence-corrected chi connectivity index (χ3v) is 7.12. The van der Waals surface area contributed by atoms with Gasteiger partial charge in [-0.15, -0.1) is 11.3 Å². The molecule has 7 nitrogen and oxygen atoms in total. The molecule has 164 valence electrons. The van der Waals surface area contributed by atoms with Gasteiger partial charge in [0, 0.05) is 19.0 Å². The third kappa shape index (κ3) is 4.28. The lowest BCUT2D eigenvalue weighted by atomic mass is 9.98. The molecule has 1 aliphatic rings. The second kappa shape index (κ2) is 8.80. The van der Waals surface area contributed by atoms with Gasteiger partial charge in [0.1, 0.15) is 5.82 Å². The van der Waals surface area contributed by atoms with E-state index >= 15 is 0 Å². The fourth-order valence-electron chi connectivity index (χ4n) is 4.32. The number of fused-ring (bicyclic) bond motifs is 2. The van der Waals surface area contributed by atoms with Crippen molar-refractivity contribution in [1.82, 2.24) is 24.8 Å². The first-order valence-electron chi connectivity index (χ1n) is 10.9. The highest BCUT2D eigenvalue weighted by Gasteiger charge is 2.27. The summed E-state index contributed by atoms with van der Waals surface area (Å²) in [5, 5.41) is 1.69. The maximum atomic E-state index is 13.0. The molecule has 2 aromatic carbocycles. The molecule has 8 heteroatoms. The van der Waals surface area contributed by atoms with Crippen LogP contribution < -0.4 is 5.56 Å².